The van der Waals surface area contributed by atoms with E-state index in [0.29, 0.717) is 19.3 Å². The predicted molar refractivity (Wildman–Crippen MR) is 325 cm³/mol. The summed E-state index contributed by atoms with van der Waals surface area (Å²) < 4.78 is 16.9. The minimum atomic E-state index is -0.788. The summed E-state index contributed by atoms with van der Waals surface area (Å²) in [4.78, 5) is 38.4. The van der Waals surface area contributed by atoms with E-state index in [1.54, 1.807) is 0 Å². The molecular weight excluding hydrogens is 925 g/mol. The van der Waals surface area contributed by atoms with E-state index in [1.165, 1.54) is 193 Å². The van der Waals surface area contributed by atoms with Gasteiger partial charge in [-0.3, -0.25) is 14.4 Å². The van der Waals surface area contributed by atoms with Crippen LogP contribution in [0.2, 0.25) is 0 Å². The standard InChI is InChI=1S/C69H122O6/c1-4-7-10-13-16-19-22-25-28-31-33-34-36-38-41-44-47-50-53-56-59-62-68(71)74-65-66(64-73-67(70)61-58-55-52-49-46-43-40-37-30-27-24-21-18-15-12-9-6-3)75-69(72)63-60-57-54-51-48-45-42-39-35-32-29-26-23-20-17-14-11-8-5-2/h17-18,20-21,26-27,29-31,33,35,39,66H,4-16,19,22-25,28,32,34,36-38,40-65H2,1-3H3/b20-17-,21-18-,29-26-,30-27-,33-31-,39-35-. The average molecular weight is 1050 g/mol. The van der Waals surface area contributed by atoms with Crippen LogP contribution in [-0.4, -0.2) is 37.2 Å². The molecule has 0 fully saturated rings. The zero-order valence-corrected chi connectivity index (χ0v) is 49.8. The van der Waals surface area contributed by atoms with E-state index in [4.69, 9.17) is 14.2 Å². The first-order valence-electron chi connectivity index (χ1n) is 32.4. The molecule has 0 spiro atoms. The lowest BCUT2D eigenvalue weighted by atomic mass is 10.1. The molecule has 1 unspecified atom stereocenters. The summed E-state index contributed by atoms with van der Waals surface area (Å²) in [6.07, 6.45) is 81.8. The van der Waals surface area contributed by atoms with E-state index in [-0.39, 0.29) is 31.1 Å². The quantitative estimate of drug-likeness (QED) is 0.0261. The number of unbranched alkanes of at least 4 members (excludes halogenated alkanes) is 36. The summed E-state index contributed by atoms with van der Waals surface area (Å²) in [7, 11) is 0. The highest BCUT2D eigenvalue weighted by Gasteiger charge is 2.19. The maximum absolute atomic E-state index is 12.9. The fourth-order valence-corrected chi connectivity index (χ4v) is 9.24. The molecule has 0 saturated carbocycles. The van der Waals surface area contributed by atoms with Crippen LogP contribution in [0.1, 0.15) is 329 Å². The molecule has 75 heavy (non-hydrogen) atoms. The topological polar surface area (TPSA) is 78.9 Å². The Balaban J connectivity index is 4.39. The van der Waals surface area contributed by atoms with Gasteiger partial charge < -0.3 is 14.2 Å². The van der Waals surface area contributed by atoms with Crippen LogP contribution in [0.4, 0.5) is 0 Å². The summed E-state index contributed by atoms with van der Waals surface area (Å²) in [6.45, 7) is 6.61. The largest absolute Gasteiger partial charge is 0.462 e. The normalized spacial score (nSPS) is 12.5. The molecule has 0 aliphatic rings. The van der Waals surface area contributed by atoms with Gasteiger partial charge in [0.25, 0.3) is 0 Å². The van der Waals surface area contributed by atoms with Crippen LogP contribution in [0.3, 0.4) is 0 Å². The molecule has 0 bridgehead atoms. The molecule has 6 nitrogen and oxygen atoms in total. The number of esters is 3. The predicted octanol–water partition coefficient (Wildman–Crippen LogP) is 22.1. The number of hydrogen-bond acceptors (Lipinski definition) is 6. The van der Waals surface area contributed by atoms with E-state index in [9.17, 15) is 14.4 Å². The molecule has 0 rings (SSSR count). The van der Waals surface area contributed by atoms with Crippen LogP contribution in [0, 0.1) is 0 Å². The van der Waals surface area contributed by atoms with Gasteiger partial charge in [-0.1, -0.05) is 267 Å². The summed E-state index contributed by atoms with van der Waals surface area (Å²) in [5.74, 6) is -0.891. The van der Waals surface area contributed by atoms with Gasteiger partial charge in [-0.05, 0) is 116 Å². The SMILES string of the molecule is CCCCC/C=C\C/C=C\C/C=C\CCCCCCCCC(=O)OC(COC(=O)CCCCCCCCC/C=C\C/C=C\CCCCC)COC(=O)CCCCCCCCCCC/C=C\CCCCCCCCCC. The average Bonchev–Trinajstić information content (AvgIpc) is 3.41. The number of rotatable bonds is 59. The van der Waals surface area contributed by atoms with Gasteiger partial charge in [0.2, 0.25) is 0 Å². The third-order valence-corrected chi connectivity index (χ3v) is 14.2. The van der Waals surface area contributed by atoms with Crippen molar-refractivity contribution in [2.75, 3.05) is 13.2 Å². The van der Waals surface area contributed by atoms with E-state index in [2.05, 4.69) is 93.7 Å². The number of allylic oxidation sites excluding steroid dienone is 12. The lowest BCUT2D eigenvalue weighted by Gasteiger charge is -2.18. The van der Waals surface area contributed by atoms with E-state index < -0.39 is 6.10 Å². The van der Waals surface area contributed by atoms with Gasteiger partial charge in [-0.25, -0.2) is 0 Å². The zero-order chi connectivity index (χ0) is 54.3. The highest BCUT2D eigenvalue weighted by atomic mass is 16.6. The van der Waals surface area contributed by atoms with Gasteiger partial charge in [-0.15, -0.1) is 0 Å². The molecule has 0 amide bonds. The van der Waals surface area contributed by atoms with Crippen molar-refractivity contribution in [3.05, 3.63) is 72.9 Å². The maximum atomic E-state index is 12.9. The van der Waals surface area contributed by atoms with Crippen molar-refractivity contribution in [1.82, 2.24) is 0 Å². The van der Waals surface area contributed by atoms with Gasteiger partial charge in [0.05, 0.1) is 0 Å². The van der Waals surface area contributed by atoms with Crippen molar-refractivity contribution in [3.8, 4) is 0 Å². The molecular formula is C69H122O6. The van der Waals surface area contributed by atoms with Crippen LogP contribution in [-0.2, 0) is 28.6 Å². The Labute approximate surface area is 465 Å². The Morgan fingerprint density at radius 2 is 0.480 bits per heavy atom. The molecule has 0 aromatic rings. The Morgan fingerprint density at radius 3 is 0.787 bits per heavy atom. The summed E-state index contributed by atoms with van der Waals surface area (Å²) in [6, 6.07) is 0. The fourth-order valence-electron chi connectivity index (χ4n) is 9.24. The summed E-state index contributed by atoms with van der Waals surface area (Å²) in [5.41, 5.74) is 0. The monoisotopic (exact) mass is 1050 g/mol. The molecule has 0 saturated heterocycles. The molecule has 0 N–H and O–H groups in total. The third-order valence-electron chi connectivity index (χ3n) is 14.2. The first kappa shape index (κ1) is 71.8. The second-order valence-corrected chi connectivity index (χ2v) is 21.7. The second-order valence-electron chi connectivity index (χ2n) is 21.7. The van der Waals surface area contributed by atoms with E-state index in [1.807, 2.05) is 0 Å². The van der Waals surface area contributed by atoms with Gasteiger partial charge in [0, 0.05) is 19.3 Å². The first-order chi connectivity index (χ1) is 37.0. The second kappa shape index (κ2) is 63.4. The minimum absolute atomic E-state index is 0.0832. The van der Waals surface area contributed by atoms with Crippen molar-refractivity contribution in [2.45, 2.75) is 335 Å². The summed E-state index contributed by atoms with van der Waals surface area (Å²) >= 11 is 0. The molecule has 1 atom stereocenters. The molecule has 0 aromatic heterocycles. The number of ether oxygens (including phenoxy) is 3. The summed E-state index contributed by atoms with van der Waals surface area (Å²) in [5, 5.41) is 0. The van der Waals surface area contributed by atoms with Gasteiger partial charge in [0.1, 0.15) is 13.2 Å². The van der Waals surface area contributed by atoms with E-state index >= 15 is 0 Å². The van der Waals surface area contributed by atoms with Crippen LogP contribution >= 0.6 is 0 Å². The Morgan fingerprint density at radius 1 is 0.267 bits per heavy atom. The zero-order valence-electron chi connectivity index (χ0n) is 49.8. The molecule has 0 heterocycles. The number of carbonyl (C=O) groups is 3. The maximum Gasteiger partial charge on any atom is 0.306 e. The van der Waals surface area contributed by atoms with Crippen molar-refractivity contribution < 1.29 is 28.6 Å². The Bertz CT molecular complexity index is 1390. The van der Waals surface area contributed by atoms with Crippen molar-refractivity contribution in [1.29, 1.82) is 0 Å². The van der Waals surface area contributed by atoms with Gasteiger partial charge in [-0.2, -0.15) is 0 Å². The highest BCUT2D eigenvalue weighted by molar-refractivity contribution is 5.71. The lowest BCUT2D eigenvalue weighted by Crippen LogP contribution is -2.30. The van der Waals surface area contributed by atoms with Crippen LogP contribution < -0.4 is 0 Å². The van der Waals surface area contributed by atoms with Gasteiger partial charge in [0.15, 0.2) is 6.10 Å². The minimum Gasteiger partial charge on any atom is -0.462 e. The van der Waals surface area contributed by atoms with Crippen molar-refractivity contribution in [2.24, 2.45) is 0 Å². The lowest BCUT2D eigenvalue weighted by molar-refractivity contribution is -0.167. The molecule has 0 aromatic carbocycles. The van der Waals surface area contributed by atoms with Gasteiger partial charge >= 0.3 is 17.9 Å². The van der Waals surface area contributed by atoms with Crippen LogP contribution in [0.25, 0.3) is 0 Å². The van der Waals surface area contributed by atoms with E-state index in [0.717, 1.165) is 96.3 Å². The van der Waals surface area contributed by atoms with Crippen molar-refractivity contribution >= 4 is 17.9 Å². The first-order valence-corrected chi connectivity index (χ1v) is 32.4. The molecule has 6 heteroatoms. The van der Waals surface area contributed by atoms with Crippen LogP contribution in [0.5, 0.6) is 0 Å². The number of carbonyl (C=O) groups excluding carboxylic acids is 3. The fraction of sp³-hybridized carbons (Fsp3) is 0.783. The molecule has 0 radical (unpaired) electrons. The molecule has 0 aliphatic heterocycles. The number of hydrogen-bond donors (Lipinski definition) is 0. The Kier molecular flexibility index (Phi) is 60.7. The van der Waals surface area contributed by atoms with Crippen LogP contribution in [0.15, 0.2) is 72.9 Å². The highest BCUT2D eigenvalue weighted by Crippen LogP contribution is 2.16. The molecule has 0 aliphatic carbocycles. The smallest absolute Gasteiger partial charge is 0.306 e. The Hall–Kier alpha value is -3.15. The molecule has 434 valence electrons. The van der Waals surface area contributed by atoms with Crippen molar-refractivity contribution in [3.63, 3.8) is 0 Å². The third kappa shape index (κ3) is 61.6.